The predicted octanol–water partition coefficient (Wildman–Crippen LogP) is 7.90. The number of amides is 1. The third-order valence-corrected chi connectivity index (χ3v) is 12.4. The maximum atomic E-state index is 18.1. The van der Waals surface area contributed by atoms with Gasteiger partial charge in [-0.1, -0.05) is 36.4 Å². The number of para-hydroxylation sites is 1. The second-order valence-corrected chi connectivity index (χ2v) is 15.4. The van der Waals surface area contributed by atoms with Gasteiger partial charge in [-0.05, 0) is 72.7 Å². The Morgan fingerprint density at radius 1 is 0.825 bits per heavy atom. The maximum Gasteiger partial charge on any atom is 0.416 e. The topological polar surface area (TPSA) is 99.6 Å². The van der Waals surface area contributed by atoms with E-state index in [-0.39, 0.29) is 88.7 Å². The van der Waals surface area contributed by atoms with Crippen molar-refractivity contribution >= 4 is 48.2 Å². The van der Waals surface area contributed by atoms with E-state index in [9.17, 15) is 32.7 Å². The normalized spacial score (nSPS) is 24.8. The molecule has 1 amide bonds. The molecule has 4 aliphatic rings. The Morgan fingerprint density at radius 3 is 2.05 bits per heavy atom. The molecule has 3 heterocycles. The number of benzene rings is 3. The Bertz CT molecular complexity index is 1900. The fourth-order valence-electron chi connectivity index (χ4n) is 9.35. The third-order valence-electron chi connectivity index (χ3n) is 12.4. The van der Waals surface area contributed by atoms with Gasteiger partial charge in [-0.2, -0.15) is 13.2 Å². The molecule has 3 aromatic carbocycles. The lowest BCUT2D eigenvalue weighted by Gasteiger charge is -2.35. The Morgan fingerprint density at radius 2 is 1.46 bits per heavy atom. The monoisotopic (exact) mass is 837 g/mol. The minimum absolute atomic E-state index is 0. The Kier molecular flexibility index (Phi) is 13.8. The van der Waals surface area contributed by atoms with Crippen LogP contribution in [0.1, 0.15) is 78.5 Å². The van der Waals surface area contributed by atoms with Crippen molar-refractivity contribution in [3.8, 4) is 11.5 Å². The van der Waals surface area contributed by atoms with Crippen molar-refractivity contribution in [3.63, 3.8) is 0 Å². The van der Waals surface area contributed by atoms with E-state index < -0.39 is 53.0 Å². The first-order chi connectivity index (χ1) is 26.3. The summed E-state index contributed by atoms with van der Waals surface area (Å²) in [5, 5.41) is 9.62. The number of aliphatic carboxylic acids is 1. The Labute approximate surface area is 342 Å². The molecule has 0 aromatic heterocycles. The summed E-state index contributed by atoms with van der Waals surface area (Å²) in [7, 11) is 3.07. The fourth-order valence-corrected chi connectivity index (χ4v) is 9.35. The van der Waals surface area contributed by atoms with Gasteiger partial charge in [0.2, 0.25) is 5.67 Å². The number of alkyl halides is 4. The summed E-state index contributed by atoms with van der Waals surface area (Å²) in [4.78, 5) is 44.1. The average molecular weight is 839 g/mol. The van der Waals surface area contributed by atoms with Crippen molar-refractivity contribution in [2.45, 2.75) is 74.2 Å². The number of Topliss-reactive ketones (excluding diaryl/α,β-unsaturated/α-hetero) is 1. The van der Waals surface area contributed by atoms with Gasteiger partial charge in [0.05, 0.1) is 25.7 Å². The predicted molar refractivity (Wildman–Crippen MR) is 212 cm³/mol. The molecule has 57 heavy (non-hydrogen) atoms. The molecule has 15 heteroatoms. The number of carbonyl (C=O) groups excluding carboxylic acids is 2. The zero-order valence-corrected chi connectivity index (χ0v) is 33.5. The van der Waals surface area contributed by atoms with Crippen molar-refractivity contribution in [3.05, 3.63) is 89.0 Å². The van der Waals surface area contributed by atoms with E-state index in [1.165, 1.54) is 18.1 Å². The number of likely N-dealkylation sites (tertiary alicyclic amines) is 2. The summed E-state index contributed by atoms with van der Waals surface area (Å²) in [6, 6.07) is 18.0. The number of rotatable bonds is 9. The smallest absolute Gasteiger partial charge is 0.416 e. The number of hydrogen-bond acceptors (Lipinski definition) is 7. The minimum Gasteiger partial charge on any atom is -0.497 e. The molecular formula is C42H49Cl2F4N3O6. The van der Waals surface area contributed by atoms with Gasteiger partial charge in [0, 0.05) is 81.6 Å². The first-order valence-electron chi connectivity index (χ1n) is 19.0. The molecule has 1 saturated carbocycles. The molecule has 3 aromatic rings. The Hall–Kier alpha value is -4.07. The van der Waals surface area contributed by atoms with Gasteiger partial charge in [-0.3, -0.25) is 19.3 Å². The molecule has 0 radical (unpaired) electrons. The zero-order chi connectivity index (χ0) is 39.1. The summed E-state index contributed by atoms with van der Waals surface area (Å²) >= 11 is 0. The molecule has 0 unspecified atom stereocenters. The van der Waals surface area contributed by atoms with Crippen LogP contribution in [0.5, 0.6) is 11.5 Å². The second kappa shape index (κ2) is 17.8. The highest BCUT2D eigenvalue weighted by atomic mass is 35.5. The molecule has 1 aliphatic carbocycles. The fraction of sp³-hybridized carbons (Fsp3) is 0.500. The molecule has 0 spiro atoms. The number of hydrogen-bond donors (Lipinski definition) is 1. The van der Waals surface area contributed by atoms with Crippen molar-refractivity contribution < 1.29 is 46.5 Å². The average Bonchev–Trinajstić information content (AvgIpc) is 3.80. The molecule has 310 valence electrons. The number of nitrogens with zero attached hydrogens (tertiary/aromatic N) is 3. The molecule has 0 bridgehead atoms. The maximum absolute atomic E-state index is 18.1. The summed E-state index contributed by atoms with van der Waals surface area (Å²) in [6.45, 7) is 0.788. The highest BCUT2D eigenvalue weighted by Gasteiger charge is 2.58. The first kappa shape index (κ1) is 44.0. The standard InChI is InChI=1S/C42H47F4N3O6.2ClH/c1-54-31-14-7-26(8-15-31)36-24-49(29-10-12-30(50)13-11-29)25-41(36,43)40(53)48-22-34(35(23-48)33-5-3-4-6-38(33)55-2)32-16-9-28(42(44,45)46)21-37(32)47-19-17-27(18-20-47)39(51)52;;/h3-9,14-16,21,27,29,34-36H,10-13,17-20,22-25H2,1-2H3,(H,51,52);2*1H/t34-,35+,36+,41+;;/m1../s1. The van der Waals surface area contributed by atoms with E-state index >= 15 is 4.39 Å². The second-order valence-electron chi connectivity index (χ2n) is 15.4. The summed E-state index contributed by atoms with van der Waals surface area (Å²) in [5.74, 6) is -2.69. The first-order valence-corrected chi connectivity index (χ1v) is 19.0. The lowest BCUT2D eigenvalue weighted by molar-refractivity contribution is -0.143. The van der Waals surface area contributed by atoms with Gasteiger partial charge in [-0.15, -0.1) is 24.8 Å². The summed E-state index contributed by atoms with van der Waals surface area (Å²) < 4.78 is 71.8. The van der Waals surface area contributed by atoms with E-state index in [2.05, 4.69) is 0 Å². The van der Waals surface area contributed by atoms with Gasteiger partial charge in [0.25, 0.3) is 5.91 Å². The summed E-state index contributed by atoms with van der Waals surface area (Å²) in [6.07, 6.45) is -2.04. The number of carboxylic acids is 1. The van der Waals surface area contributed by atoms with Crippen LogP contribution in [0.4, 0.5) is 23.2 Å². The highest BCUT2D eigenvalue weighted by molar-refractivity contribution is 5.88. The minimum atomic E-state index is -4.62. The van der Waals surface area contributed by atoms with E-state index in [0.717, 1.165) is 17.7 Å². The lowest BCUT2D eigenvalue weighted by Crippen LogP contribution is -2.50. The van der Waals surface area contributed by atoms with Crippen molar-refractivity contribution in [1.29, 1.82) is 0 Å². The molecule has 3 aliphatic heterocycles. The summed E-state index contributed by atoms with van der Waals surface area (Å²) in [5.41, 5.74) is -0.849. The van der Waals surface area contributed by atoms with Crippen LogP contribution in [0, 0.1) is 5.92 Å². The molecule has 7 rings (SSSR count). The van der Waals surface area contributed by atoms with Gasteiger partial charge < -0.3 is 24.4 Å². The number of carboxylic acid groups (broad SMARTS) is 1. The van der Waals surface area contributed by atoms with Gasteiger partial charge >= 0.3 is 12.1 Å². The zero-order valence-electron chi connectivity index (χ0n) is 31.9. The number of ether oxygens (including phenoxy) is 2. The van der Waals surface area contributed by atoms with Crippen LogP contribution in [0.15, 0.2) is 66.7 Å². The number of ketones is 1. The number of anilines is 1. The van der Waals surface area contributed by atoms with Gasteiger partial charge in [0.15, 0.2) is 0 Å². The molecule has 3 saturated heterocycles. The van der Waals surface area contributed by atoms with Crippen molar-refractivity contribution in [2.24, 2.45) is 5.92 Å². The number of carbonyl (C=O) groups is 3. The van der Waals surface area contributed by atoms with Crippen LogP contribution in [-0.2, 0) is 20.6 Å². The van der Waals surface area contributed by atoms with Crippen LogP contribution in [-0.4, -0.2) is 97.8 Å². The Balaban J connectivity index is 0.00000310. The lowest BCUT2D eigenvalue weighted by atomic mass is 9.82. The number of piperidine rings is 1. The largest absolute Gasteiger partial charge is 0.497 e. The van der Waals surface area contributed by atoms with E-state index in [0.29, 0.717) is 54.0 Å². The molecule has 4 atom stereocenters. The SMILES string of the molecule is COc1ccc([C@@H]2CN(C3CCC(=O)CC3)C[C@@]2(F)C(=O)N2C[C@H](c3ccc(C(F)(F)F)cc3N3CCC(C(=O)O)CC3)[C@H](c3ccccc3OC)C2)cc1.Cl.Cl. The van der Waals surface area contributed by atoms with Crippen LogP contribution in [0.25, 0.3) is 0 Å². The molecule has 4 fully saturated rings. The van der Waals surface area contributed by atoms with Crippen molar-refractivity contribution in [2.75, 3.05) is 58.4 Å². The molecule has 9 nitrogen and oxygen atoms in total. The third kappa shape index (κ3) is 8.85. The van der Waals surface area contributed by atoms with Crippen molar-refractivity contribution in [1.82, 2.24) is 9.80 Å². The van der Waals surface area contributed by atoms with Gasteiger partial charge in [0.1, 0.15) is 17.3 Å². The quantitative estimate of drug-likeness (QED) is 0.218. The van der Waals surface area contributed by atoms with Crippen LogP contribution in [0.2, 0.25) is 0 Å². The molecule has 1 N–H and O–H groups in total. The van der Waals surface area contributed by atoms with Gasteiger partial charge in [-0.25, -0.2) is 4.39 Å². The van der Waals surface area contributed by atoms with E-state index in [1.54, 1.807) is 37.4 Å². The number of halogens is 6. The van der Waals surface area contributed by atoms with E-state index in [4.69, 9.17) is 9.47 Å². The molecular weight excluding hydrogens is 789 g/mol. The van der Waals surface area contributed by atoms with Crippen LogP contribution < -0.4 is 14.4 Å². The van der Waals surface area contributed by atoms with E-state index in [1.807, 2.05) is 28.0 Å². The van der Waals surface area contributed by atoms with Crippen LogP contribution >= 0.6 is 24.8 Å². The number of methoxy groups -OCH3 is 2. The highest BCUT2D eigenvalue weighted by Crippen LogP contribution is 2.50. The van der Waals surface area contributed by atoms with Crippen LogP contribution in [0.3, 0.4) is 0 Å².